The van der Waals surface area contributed by atoms with E-state index in [1.807, 2.05) is 18.2 Å². The highest BCUT2D eigenvalue weighted by molar-refractivity contribution is 5.93. The van der Waals surface area contributed by atoms with Gasteiger partial charge in [0.25, 0.3) is 0 Å². The fourth-order valence-electron chi connectivity index (χ4n) is 3.82. The Morgan fingerprint density at radius 3 is 2.92 bits per heavy atom. The summed E-state index contributed by atoms with van der Waals surface area (Å²) in [5.74, 6) is 1.72. The van der Waals surface area contributed by atoms with Crippen molar-refractivity contribution < 1.29 is 9.21 Å². The molecule has 4 heteroatoms. The summed E-state index contributed by atoms with van der Waals surface area (Å²) in [7, 11) is 0. The van der Waals surface area contributed by atoms with Gasteiger partial charge in [-0.1, -0.05) is 24.3 Å². The Morgan fingerprint density at radius 1 is 1.16 bits per heavy atom. The van der Waals surface area contributed by atoms with E-state index in [2.05, 4.69) is 34.6 Å². The summed E-state index contributed by atoms with van der Waals surface area (Å²) in [6.07, 6.45) is 4.99. The molecule has 4 nitrogen and oxygen atoms in total. The van der Waals surface area contributed by atoms with Crippen LogP contribution in [-0.2, 0) is 11.2 Å². The highest BCUT2D eigenvalue weighted by Crippen LogP contribution is 2.41. The van der Waals surface area contributed by atoms with Gasteiger partial charge in [-0.3, -0.25) is 4.79 Å². The predicted octanol–water partition coefficient (Wildman–Crippen LogP) is 4.76. The molecule has 1 amide bonds. The van der Waals surface area contributed by atoms with E-state index in [4.69, 9.17) is 4.42 Å². The largest absolute Gasteiger partial charge is 0.440 e. The number of benzene rings is 2. The van der Waals surface area contributed by atoms with Crippen molar-refractivity contribution in [2.45, 2.75) is 43.9 Å². The topological polar surface area (TPSA) is 55.1 Å². The average molecular weight is 332 g/mol. The van der Waals surface area contributed by atoms with Crippen LogP contribution in [0.3, 0.4) is 0 Å². The lowest BCUT2D eigenvalue weighted by Gasteiger charge is -2.11. The molecule has 0 bridgehead atoms. The van der Waals surface area contributed by atoms with Gasteiger partial charge in [0.15, 0.2) is 11.5 Å². The molecule has 1 atom stereocenters. The summed E-state index contributed by atoms with van der Waals surface area (Å²) < 4.78 is 5.77. The molecule has 1 saturated carbocycles. The molecule has 0 saturated heterocycles. The number of aryl methyl sites for hydroxylation is 1. The lowest BCUT2D eigenvalue weighted by Crippen LogP contribution is -2.14. The van der Waals surface area contributed by atoms with Crippen LogP contribution in [0, 0.1) is 0 Å². The molecule has 3 aromatic rings. The zero-order valence-corrected chi connectivity index (χ0v) is 14.0. The van der Waals surface area contributed by atoms with Crippen molar-refractivity contribution in [3.8, 4) is 0 Å². The van der Waals surface area contributed by atoms with Crippen molar-refractivity contribution in [3.05, 3.63) is 59.5 Å². The maximum Gasteiger partial charge on any atom is 0.224 e. The number of hydrogen-bond donors (Lipinski definition) is 1. The Hall–Kier alpha value is -2.62. The Balaban J connectivity index is 1.30. The molecule has 1 fully saturated rings. The molecule has 25 heavy (non-hydrogen) atoms. The van der Waals surface area contributed by atoms with Crippen LogP contribution in [0.25, 0.3) is 11.1 Å². The van der Waals surface area contributed by atoms with Crippen LogP contribution >= 0.6 is 0 Å². The van der Waals surface area contributed by atoms with E-state index in [1.54, 1.807) is 0 Å². The molecule has 1 N–H and O–H groups in total. The van der Waals surface area contributed by atoms with Crippen molar-refractivity contribution >= 4 is 22.7 Å². The summed E-state index contributed by atoms with van der Waals surface area (Å²) in [4.78, 5) is 17.0. The highest BCUT2D eigenvalue weighted by atomic mass is 16.3. The molecule has 5 rings (SSSR count). The SMILES string of the molecule is O=C(CC1CCc2ccccc21)Nc1ccc2oc(C3CC3)nc2c1. The van der Waals surface area contributed by atoms with E-state index >= 15 is 0 Å². The number of amides is 1. The third kappa shape index (κ3) is 2.82. The summed E-state index contributed by atoms with van der Waals surface area (Å²) in [6, 6.07) is 14.2. The van der Waals surface area contributed by atoms with Crippen LogP contribution in [0.15, 0.2) is 46.9 Å². The standard InChI is InChI=1S/C21H20N2O2/c24-20(11-15-8-5-13-3-1-2-4-17(13)15)22-16-9-10-19-18(12-16)23-21(25-19)14-6-7-14/h1-4,9-10,12,14-15H,5-8,11H2,(H,22,24). The first kappa shape index (κ1) is 14.7. The fourth-order valence-corrected chi connectivity index (χ4v) is 3.82. The molecule has 2 aliphatic carbocycles. The van der Waals surface area contributed by atoms with Gasteiger partial charge in [0.1, 0.15) is 5.52 Å². The van der Waals surface area contributed by atoms with Gasteiger partial charge in [-0.2, -0.15) is 0 Å². The van der Waals surface area contributed by atoms with Crippen LogP contribution in [-0.4, -0.2) is 10.9 Å². The second-order valence-electron chi connectivity index (χ2n) is 7.20. The fraction of sp³-hybridized carbons (Fsp3) is 0.333. The molecule has 0 spiro atoms. The summed E-state index contributed by atoms with van der Waals surface area (Å²) in [5, 5.41) is 3.03. The maximum absolute atomic E-state index is 12.5. The molecule has 2 aromatic carbocycles. The number of nitrogens with zero attached hydrogens (tertiary/aromatic N) is 1. The molecule has 2 aliphatic rings. The normalized spacial score (nSPS) is 19.1. The molecular weight excluding hydrogens is 312 g/mol. The summed E-state index contributed by atoms with van der Waals surface area (Å²) in [6.45, 7) is 0. The zero-order valence-electron chi connectivity index (χ0n) is 14.0. The number of aromatic nitrogens is 1. The van der Waals surface area contributed by atoms with Crippen LogP contribution in [0.5, 0.6) is 0 Å². The van der Waals surface area contributed by atoms with Gasteiger partial charge in [0.2, 0.25) is 5.91 Å². The Labute approximate surface area is 146 Å². The van der Waals surface area contributed by atoms with Gasteiger partial charge < -0.3 is 9.73 Å². The molecule has 1 aromatic heterocycles. The lowest BCUT2D eigenvalue weighted by molar-refractivity contribution is -0.116. The first-order valence-electron chi connectivity index (χ1n) is 9.04. The number of anilines is 1. The van der Waals surface area contributed by atoms with Crippen molar-refractivity contribution in [1.82, 2.24) is 4.98 Å². The Bertz CT molecular complexity index is 955. The minimum absolute atomic E-state index is 0.0620. The monoisotopic (exact) mass is 332 g/mol. The number of nitrogens with one attached hydrogen (secondary N) is 1. The van der Waals surface area contributed by atoms with Gasteiger partial charge in [-0.05, 0) is 60.9 Å². The van der Waals surface area contributed by atoms with E-state index in [9.17, 15) is 4.79 Å². The van der Waals surface area contributed by atoms with E-state index < -0.39 is 0 Å². The number of fused-ring (bicyclic) bond motifs is 2. The van der Waals surface area contributed by atoms with Crippen LogP contribution in [0.4, 0.5) is 5.69 Å². The predicted molar refractivity (Wildman–Crippen MR) is 96.7 cm³/mol. The van der Waals surface area contributed by atoms with E-state index in [0.717, 1.165) is 35.5 Å². The number of rotatable bonds is 4. The lowest BCUT2D eigenvalue weighted by atomic mass is 9.97. The average Bonchev–Trinajstić information content (AvgIpc) is 3.27. The van der Waals surface area contributed by atoms with Gasteiger partial charge >= 0.3 is 0 Å². The molecule has 0 radical (unpaired) electrons. The molecule has 126 valence electrons. The summed E-state index contributed by atoms with van der Waals surface area (Å²) in [5.41, 5.74) is 5.13. The smallest absolute Gasteiger partial charge is 0.224 e. The summed E-state index contributed by atoms with van der Waals surface area (Å²) >= 11 is 0. The van der Waals surface area contributed by atoms with Gasteiger partial charge in [-0.15, -0.1) is 0 Å². The maximum atomic E-state index is 12.5. The third-order valence-corrected chi connectivity index (χ3v) is 5.30. The Morgan fingerprint density at radius 2 is 2.04 bits per heavy atom. The van der Waals surface area contributed by atoms with Crippen LogP contribution in [0.1, 0.15) is 54.5 Å². The quantitative estimate of drug-likeness (QED) is 0.749. The second kappa shape index (κ2) is 5.73. The van der Waals surface area contributed by atoms with Gasteiger partial charge in [0.05, 0.1) is 0 Å². The number of carbonyl (C=O) groups excluding carboxylic acids is 1. The minimum atomic E-state index is 0.0620. The minimum Gasteiger partial charge on any atom is -0.440 e. The second-order valence-corrected chi connectivity index (χ2v) is 7.20. The van der Waals surface area contributed by atoms with Crippen molar-refractivity contribution in [2.75, 3.05) is 5.32 Å². The molecule has 1 unspecified atom stereocenters. The number of oxazole rings is 1. The van der Waals surface area contributed by atoms with E-state index in [1.165, 1.54) is 24.0 Å². The number of hydrogen-bond acceptors (Lipinski definition) is 3. The van der Waals surface area contributed by atoms with E-state index in [-0.39, 0.29) is 5.91 Å². The third-order valence-electron chi connectivity index (χ3n) is 5.30. The highest BCUT2D eigenvalue weighted by Gasteiger charge is 2.29. The Kier molecular flexibility index (Phi) is 3.37. The zero-order chi connectivity index (χ0) is 16.8. The van der Waals surface area contributed by atoms with Crippen molar-refractivity contribution in [2.24, 2.45) is 0 Å². The first-order valence-corrected chi connectivity index (χ1v) is 9.04. The first-order chi connectivity index (χ1) is 12.3. The van der Waals surface area contributed by atoms with Crippen LogP contribution < -0.4 is 5.32 Å². The molecular formula is C21H20N2O2. The van der Waals surface area contributed by atoms with E-state index in [0.29, 0.717) is 18.3 Å². The van der Waals surface area contributed by atoms with Crippen molar-refractivity contribution in [3.63, 3.8) is 0 Å². The number of carbonyl (C=O) groups is 1. The molecule has 0 aliphatic heterocycles. The van der Waals surface area contributed by atoms with Gasteiger partial charge in [-0.25, -0.2) is 4.98 Å². The van der Waals surface area contributed by atoms with Crippen molar-refractivity contribution in [1.29, 1.82) is 0 Å². The van der Waals surface area contributed by atoms with Crippen LogP contribution in [0.2, 0.25) is 0 Å². The molecule has 1 heterocycles. The van der Waals surface area contributed by atoms with Gasteiger partial charge in [0, 0.05) is 18.0 Å².